The smallest absolute Gasteiger partial charge is 0.162 e. The number of nitrogens with zero attached hydrogens (tertiary/aromatic N) is 2. The van der Waals surface area contributed by atoms with Crippen molar-refractivity contribution in [3.63, 3.8) is 0 Å². The maximum Gasteiger partial charge on any atom is 0.162 e. The van der Waals surface area contributed by atoms with Crippen LogP contribution in [0.25, 0.3) is 0 Å². The lowest BCUT2D eigenvalue weighted by atomic mass is 9.70. The highest BCUT2D eigenvalue weighted by Gasteiger charge is 2.42. The molecule has 1 aromatic heterocycles. The fourth-order valence-corrected chi connectivity index (χ4v) is 3.01. The van der Waals surface area contributed by atoms with Crippen LogP contribution in [-0.2, 0) is 16.8 Å². The van der Waals surface area contributed by atoms with Crippen LogP contribution in [0.1, 0.15) is 64.4 Å². The van der Waals surface area contributed by atoms with Gasteiger partial charge in [-0.25, -0.2) is 15.8 Å². The molecule has 2 rings (SSSR count). The summed E-state index contributed by atoms with van der Waals surface area (Å²) in [5.74, 6) is 7.01. The molecule has 118 valence electrons. The molecule has 1 aliphatic rings. The van der Waals surface area contributed by atoms with Gasteiger partial charge in [0.15, 0.2) is 5.82 Å². The van der Waals surface area contributed by atoms with Gasteiger partial charge in [-0.15, -0.1) is 0 Å². The molecule has 1 saturated carbocycles. The third-order valence-corrected chi connectivity index (χ3v) is 4.64. The molecule has 1 fully saturated rings. The van der Waals surface area contributed by atoms with E-state index in [9.17, 15) is 0 Å². The number of aryl methyl sites for hydroxylation is 1. The second kappa shape index (κ2) is 6.28. The fraction of sp³-hybridized carbons (Fsp3) is 0.750. The molecule has 5 heteroatoms. The van der Waals surface area contributed by atoms with Crippen molar-refractivity contribution < 1.29 is 4.74 Å². The number of aromatic nitrogens is 2. The molecule has 0 radical (unpaired) electrons. The molecule has 3 N–H and O–H groups in total. The van der Waals surface area contributed by atoms with Crippen LogP contribution < -0.4 is 11.3 Å². The zero-order valence-corrected chi connectivity index (χ0v) is 13.7. The van der Waals surface area contributed by atoms with E-state index in [0.717, 1.165) is 50.0 Å². The summed E-state index contributed by atoms with van der Waals surface area (Å²) >= 11 is 0. The summed E-state index contributed by atoms with van der Waals surface area (Å²) in [6.45, 7) is 6.77. The van der Waals surface area contributed by atoms with E-state index in [1.165, 1.54) is 0 Å². The average molecular weight is 292 g/mol. The van der Waals surface area contributed by atoms with Crippen molar-refractivity contribution in [1.82, 2.24) is 9.97 Å². The van der Waals surface area contributed by atoms with Crippen molar-refractivity contribution in [3.8, 4) is 0 Å². The summed E-state index contributed by atoms with van der Waals surface area (Å²) in [7, 11) is 1.77. The molecule has 0 amide bonds. The number of nitrogen functional groups attached to an aromatic ring is 1. The molecular formula is C16H28N4O. The van der Waals surface area contributed by atoms with Gasteiger partial charge >= 0.3 is 0 Å². The Labute approximate surface area is 127 Å². The first-order valence-corrected chi connectivity index (χ1v) is 7.85. The summed E-state index contributed by atoms with van der Waals surface area (Å²) < 4.78 is 5.90. The van der Waals surface area contributed by atoms with E-state index in [0.29, 0.717) is 11.2 Å². The Morgan fingerprint density at radius 3 is 2.43 bits per heavy atom. The summed E-state index contributed by atoms with van der Waals surface area (Å²) in [6, 6.07) is 1.92. The Hall–Kier alpha value is -1.20. The highest BCUT2D eigenvalue weighted by molar-refractivity contribution is 5.35. The van der Waals surface area contributed by atoms with Crippen LogP contribution in [0.5, 0.6) is 0 Å². The van der Waals surface area contributed by atoms with Crippen molar-refractivity contribution in [2.75, 3.05) is 12.5 Å². The molecule has 1 aromatic rings. The van der Waals surface area contributed by atoms with Crippen LogP contribution in [0.2, 0.25) is 0 Å². The molecule has 0 unspecified atom stereocenters. The number of anilines is 1. The number of nitrogens with one attached hydrogen (secondary N) is 1. The van der Waals surface area contributed by atoms with Gasteiger partial charge in [-0.2, -0.15) is 0 Å². The minimum absolute atomic E-state index is 0.370. The Morgan fingerprint density at radius 2 is 1.90 bits per heavy atom. The molecule has 1 aliphatic carbocycles. The Balaban J connectivity index is 2.35. The van der Waals surface area contributed by atoms with E-state index in [2.05, 4.69) is 31.2 Å². The third-order valence-electron chi connectivity index (χ3n) is 4.64. The van der Waals surface area contributed by atoms with Gasteiger partial charge in [0.25, 0.3) is 0 Å². The molecule has 0 saturated heterocycles. The standard InChI is InChI=1S/C16H28N4O/c1-5-6-12-11-13(20-17)19-14(18-12)16(21-4)9-7-15(2,3)8-10-16/h11H,5-10,17H2,1-4H3,(H,18,19,20). The zero-order chi connectivity index (χ0) is 15.5. The predicted octanol–water partition coefficient (Wildman–Crippen LogP) is 3.16. The van der Waals surface area contributed by atoms with Gasteiger partial charge in [0.1, 0.15) is 11.4 Å². The normalized spacial score (nSPS) is 20.2. The van der Waals surface area contributed by atoms with Crippen LogP contribution in [0.3, 0.4) is 0 Å². The van der Waals surface area contributed by atoms with Crippen molar-refractivity contribution in [2.24, 2.45) is 11.3 Å². The second-order valence-corrected chi connectivity index (χ2v) is 6.83. The lowest BCUT2D eigenvalue weighted by Crippen LogP contribution is -2.38. The zero-order valence-electron chi connectivity index (χ0n) is 13.7. The number of nitrogens with two attached hydrogens (primary N) is 1. The van der Waals surface area contributed by atoms with Gasteiger partial charge in [-0.3, -0.25) is 0 Å². The van der Waals surface area contributed by atoms with Crippen molar-refractivity contribution in [1.29, 1.82) is 0 Å². The van der Waals surface area contributed by atoms with Gasteiger partial charge in [-0.1, -0.05) is 27.2 Å². The minimum atomic E-state index is -0.370. The highest BCUT2D eigenvalue weighted by atomic mass is 16.5. The third kappa shape index (κ3) is 3.52. The summed E-state index contributed by atoms with van der Waals surface area (Å²) in [4.78, 5) is 9.33. The molecule has 21 heavy (non-hydrogen) atoms. The Morgan fingerprint density at radius 1 is 1.24 bits per heavy atom. The van der Waals surface area contributed by atoms with Crippen LogP contribution in [-0.4, -0.2) is 17.1 Å². The molecule has 0 bridgehead atoms. The van der Waals surface area contributed by atoms with Gasteiger partial charge in [0, 0.05) is 18.9 Å². The molecule has 0 spiro atoms. The predicted molar refractivity (Wildman–Crippen MR) is 84.8 cm³/mol. The first kappa shape index (κ1) is 16.2. The van der Waals surface area contributed by atoms with Gasteiger partial charge in [-0.05, 0) is 37.5 Å². The van der Waals surface area contributed by atoms with Crippen LogP contribution in [0.15, 0.2) is 6.07 Å². The van der Waals surface area contributed by atoms with Crippen molar-refractivity contribution in [3.05, 3.63) is 17.6 Å². The fourth-order valence-electron chi connectivity index (χ4n) is 3.01. The number of methoxy groups -OCH3 is 1. The highest BCUT2D eigenvalue weighted by Crippen LogP contribution is 2.46. The Kier molecular flexibility index (Phi) is 4.84. The monoisotopic (exact) mass is 292 g/mol. The van der Waals surface area contributed by atoms with Gasteiger partial charge in [0.05, 0.1) is 0 Å². The molecule has 0 atom stereocenters. The topological polar surface area (TPSA) is 73.1 Å². The summed E-state index contributed by atoms with van der Waals surface area (Å²) in [6.07, 6.45) is 6.12. The quantitative estimate of drug-likeness (QED) is 0.644. The SMILES string of the molecule is CCCc1cc(NN)nc(C2(OC)CCC(C)(C)CC2)n1. The van der Waals surface area contributed by atoms with E-state index in [1.54, 1.807) is 7.11 Å². The molecule has 0 aromatic carbocycles. The van der Waals surface area contributed by atoms with Crippen LogP contribution in [0, 0.1) is 5.41 Å². The van der Waals surface area contributed by atoms with Gasteiger partial charge < -0.3 is 10.2 Å². The maximum absolute atomic E-state index is 5.90. The number of hydrogen-bond acceptors (Lipinski definition) is 5. The van der Waals surface area contributed by atoms with Crippen molar-refractivity contribution >= 4 is 5.82 Å². The van der Waals surface area contributed by atoms with Crippen LogP contribution in [0.4, 0.5) is 5.82 Å². The lowest BCUT2D eigenvalue weighted by Gasteiger charge is -2.41. The minimum Gasteiger partial charge on any atom is -0.370 e. The average Bonchev–Trinajstić information content (AvgIpc) is 2.48. The molecule has 5 nitrogen and oxygen atoms in total. The number of hydrazine groups is 1. The second-order valence-electron chi connectivity index (χ2n) is 6.83. The maximum atomic E-state index is 5.90. The number of hydrogen-bond donors (Lipinski definition) is 2. The first-order valence-electron chi connectivity index (χ1n) is 7.85. The molecule has 0 aliphatic heterocycles. The van der Waals surface area contributed by atoms with Crippen molar-refractivity contribution in [2.45, 2.75) is 64.9 Å². The van der Waals surface area contributed by atoms with Gasteiger partial charge in [0.2, 0.25) is 0 Å². The van der Waals surface area contributed by atoms with E-state index in [-0.39, 0.29) is 5.60 Å². The van der Waals surface area contributed by atoms with E-state index >= 15 is 0 Å². The van der Waals surface area contributed by atoms with E-state index in [1.807, 2.05) is 6.07 Å². The summed E-state index contributed by atoms with van der Waals surface area (Å²) in [5, 5.41) is 0. The number of rotatable bonds is 5. The van der Waals surface area contributed by atoms with E-state index < -0.39 is 0 Å². The Bertz CT molecular complexity index is 477. The lowest BCUT2D eigenvalue weighted by molar-refractivity contribution is -0.0729. The summed E-state index contributed by atoms with van der Waals surface area (Å²) in [5.41, 5.74) is 3.68. The van der Waals surface area contributed by atoms with E-state index in [4.69, 9.17) is 15.6 Å². The molecular weight excluding hydrogens is 264 g/mol. The largest absolute Gasteiger partial charge is 0.370 e. The van der Waals surface area contributed by atoms with Crippen LogP contribution >= 0.6 is 0 Å². The molecule has 1 heterocycles. The first-order chi connectivity index (χ1) is 9.94. The number of ether oxygens (including phenoxy) is 1.